The molecule has 19 heavy (non-hydrogen) atoms. The molecule has 0 aromatic heterocycles. The maximum absolute atomic E-state index is 6.14. The minimum absolute atomic E-state index is 0.177. The molecule has 0 saturated carbocycles. The minimum Gasteiger partial charge on any atom is -0.488 e. The van der Waals surface area contributed by atoms with Gasteiger partial charge < -0.3 is 14.8 Å². The third kappa shape index (κ3) is 4.20. The van der Waals surface area contributed by atoms with E-state index in [1.165, 1.54) is 5.56 Å². The molecule has 3 nitrogen and oxygen atoms in total. The number of ether oxygens (including phenoxy) is 2. The van der Waals surface area contributed by atoms with E-state index in [0.717, 1.165) is 36.2 Å². The van der Waals surface area contributed by atoms with Crippen LogP contribution in [0.3, 0.4) is 0 Å². The Morgan fingerprint density at radius 2 is 2.37 bits per heavy atom. The van der Waals surface area contributed by atoms with E-state index in [1.54, 1.807) is 0 Å². The van der Waals surface area contributed by atoms with Gasteiger partial charge in [0, 0.05) is 22.7 Å². The first kappa shape index (κ1) is 14.8. The lowest BCUT2D eigenvalue weighted by Crippen LogP contribution is -2.29. The first-order valence-corrected chi connectivity index (χ1v) is 7.77. The Labute approximate surface area is 123 Å². The lowest BCUT2D eigenvalue weighted by atomic mass is 10.1. The van der Waals surface area contributed by atoms with Crippen LogP contribution in [-0.4, -0.2) is 25.9 Å². The van der Waals surface area contributed by atoms with E-state index in [9.17, 15) is 0 Å². The van der Waals surface area contributed by atoms with Crippen molar-refractivity contribution in [2.24, 2.45) is 0 Å². The molecule has 2 rings (SSSR count). The van der Waals surface area contributed by atoms with Crippen LogP contribution in [0.5, 0.6) is 5.75 Å². The second kappa shape index (κ2) is 7.27. The Hall–Kier alpha value is -0.580. The molecule has 106 valence electrons. The summed E-state index contributed by atoms with van der Waals surface area (Å²) >= 11 is 3.52. The minimum atomic E-state index is 0.177. The third-order valence-corrected chi connectivity index (χ3v) is 3.86. The first-order valence-electron chi connectivity index (χ1n) is 6.98. The van der Waals surface area contributed by atoms with E-state index in [2.05, 4.69) is 53.3 Å². The Kier molecular flexibility index (Phi) is 5.67. The van der Waals surface area contributed by atoms with Gasteiger partial charge in [-0.05, 0) is 38.4 Å². The largest absolute Gasteiger partial charge is 0.488 e. The summed E-state index contributed by atoms with van der Waals surface area (Å²) in [4.78, 5) is 0. The zero-order chi connectivity index (χ0) is 13.7. The quantitative estimate of drug-likeness (QED) is 0.894. The molecule has 1 aliphatic rings. The summed E-state index contributed by atoms with van der Waals surface area (Å²) in [5, 5.41) is 3.43. The van der Waals surface area contributed by atoms with Gasteiger partial charge in [0.15, 0.2) is 0 Å². The molecule has 2 atom stereocenters. The summed E-state index contributed by atoms with van der Waals surface area (Å²) in [6.45, 7) is 6.78. The molecule has 1 heterocycles. The van der Waals surface area contributed by atoms with Crippen LogP contribution < -0.4 is 10.1 Å². The molecule has 0 aliphatic carbocycles. The van der Waals surface area contributed by atoms with Gasteiger partial charge in [-0.25, -0.2) is 0 Å². The number of halogens is 1. The summed E-state index contributed by atoms with van der Waals surface area (Å²) in [6.07, 6.45) is 2.33. The molecular weight excluding hydrogens is 306 g/mol. The fraction of sp³-hybridized carbons (Fsp3) is 0.600. The second-order valence-electron chi connectivity index (χ2n) is 4.92. The van der Waals surface area contributed by atoms with Crippen molar-refractivity contribution in [3.8, 4) is 5.75 Å². The van der Waals surface area contributed by atoms with E-state index >= 15 is 0 Å². The summed E-state index contributed by atoms with van der Waals surface area (Å²) in [5.74, 6) is 0.957. The number of hydrogen-bond acceptors (Lipinski definition) is 3. The molecule has 1 aromatic carbocycles. The van der Waals surface area contributed by atoms with Gasteiger partial charge >= 0.3 is 0 Å². The van der Waals surface area contributed by atoms with E-state index < -0.39 is 0 Å². The zero-order valence-electron chi connectivity index (χ0n) is 11.6. The van der Waals surface area contributed by atoms with Gasteiger partial charge in [-0.2, -0.15) is 0 Å². The third-order valence-electron chi connectivity index (χ3n) is 3.36. The first-order chi connectivity index (χ1) is 9.20. The molecule has 0 bridgehead atoms. The summed E-state index contributed by atoms with van der Waals surface area (Å²) in [7, 11) is 0. The molecule has 1 saturated heterocycles. The van der Waals surface area contributed by atoms with Gasteiger partial charge in [0.1, 0.15) is 11.9 Å². The molecule has 2 unspecified atom stereocenters. The molecule has 0 spiro atoms. The predicted molar refractivity (Wildman–Crippen MR) is 80.7 cm³/mol. The average Bonchev–Trinajstić information content (AvgIpc) is 2.40. The van der Waals surface area contributed by atoms with Crippen LogP contribution in [0.15, 0.2) is 22.7 Å². The monoisotopic (exact) mass is 327 g/mol. The van der Waals surface area contributed by atoms with Crippen LogP contribution in [0.2, 0.25) is 0 Å². The lowest BCUT2D eigenvalue weighted by molar-refractivity contribution is 0.00684. The molecule has 0 amide bonds. The molecular formula is C15H22BrNO2. The molecule has 1 aromatic rings. The van der Waals surface area contributed by atoms with Crippen LogP contribution in [0, 0.1) is 0 Å². The van der Waals surface area contributed by atoms with Crippen molar-refractivity contribution < 1.29 is 9.47 Å². The highest BCUT2D eigenvalue weighted by atomic mass is 79.9. The van der Waals surface area contributed by atoms with Gasteiger partial charge in [-0.15, -0.1) is 0 Å². The summed E-state index contributed by atoms with van der Waals surface area (Å²) in [6, 6.07) is 6.53. The predicted octanol–water partition coefficient (Wildman–Crippen LogP) is 3.68. The fourth-order valence-electron chi connectivity index (χ4n) is 2.37. The van der Waals surface area contributed by atoms with Crippen molar-refractivity contribution in [3.63, 3.8) is 0 Å². The SMILES string of the molecule is CCNC(C)c1ccc(Br)cc1OC1CCCOC1. The number of nitrogens with one attached hydrogen (secondary N) is 1. The van der Waals surface area contributed by atoms with Crippen LogP contribution in [0.4, 0.5) is 0 Å². The van der Waals surface area contributed by atoms with Crippen molar-refractivity contribution in [2.75, 3.05) is 19.8 Å². The maximum atomic E-state index is 6.14. The molecule has 1 fully saturated rings. The zero-order valence-corrected chi connectivity index (χ0v) is 13.2. The van der Waals surface area contributed by atoms with Gasteiger partial charge in [-0.3, -0.25) is 0 Å². The highest BCUT2D eigenvalue weighted by Gasteiger charge is 2.19. The summed E-state index contributed by atoms with van der Waals surface area (Å²) < 4.78 is 12.7. The van der Waals surface area contributed by atoms with Crippen LogP contribution in [0.25, 0.3) is 0 Å². The summed E-state index contributed by atoms with van der Waals surface area (Å²) in [5.41, 5.74) is 1.20. The van der Waals surface area contributed by atoms with E-state index in [-0.39, 0.29) is 12.1 Å². The topological polar surface area (TPSA) is 30.5 Å². The smallest absolute Gasteiger partial charge is 0.125 e. The van der Waals surface area contributed by atoms with Gasteiger partial charge in [-0.1, -0.05) is 28.9 Å². The number of benzene rings is 1. The van der Waals surface area contributed by atoms with Gasteiger partial charge in [0.2, 0.25) is 0 Å². The van der Waals surface area contributed by atoms with Crippen LogP contribution in [0.1, 0.15) is 38.3 Å². The Balaban J connectivity index is 2.14. The highest BCUT2D eigenvalue weighted by Crippen LogP contribution is 2.30. The van der Waals surface area contributed by atoms with Crippen molar-refractivity contribution >= 4 is 15.9 Å². The second-order valence-corrected chi connectivity index (χ2v) is 5.83. The Bertz CT molecular complexity index is 405. The van der Waals surface area contributed by atoms with Crippen molar-refractivity contribution in [1.29, 1.82) is 0 Å². The Morgan fingerprint density at radius 1 is 1.53 bits per heavy atom. The van der Waals surface area contributed by atoms with Crippen molar-refractivity contribution in [1.82, 2.24) is 5.32 Å². The van der Waals surface area contributed by atoms with Crippen molar-refractivity contribution in [2.45, 2.75) is 38.8 Å². The average molecular weight is 328 g/mol. The van der Waals surface area contributed by atoms with Gasteiger partial charge in [0.05, 0.1) is 6.61 Å². The van der Waals surface area contributed by atoms with E-state index in [1.807, 2.05) is 0 Å². The molecule has 0 radical (unpaired) electrons. The maximum Gasteiger partial charge on any atom is 0.125 e. The number of hydrogen-bond donors (Lipinski definition) is 1. The van der Waals surface area contributed by atoms with E-state index in [0.29, 0.717) is 6.61 Å². The molecule has 1 aliphatic heterocycles. The lowest BCUT2D eigenvalue weighted by Gasteiger charge is -2.26. The Morgan fingerprint density at radius 3 is 3.05 bits per heavy atom. The van der Waals surface area contributed by atoms with Crippen molar-refractivity contribution in [3.05, 3.63) is 28.2 Å². The van der Waals surface area contributed by atoms with Crippen LogP contribution in [-0.2, 0) is 4.74 Å². The number of rotatable bonds is 5. The molecule has 1 N–H and O–H groups in total. The molecule has 4 heteroatoms. The van der Waals surface area contributed by atoms with E-state index in [4.69, 9.17) is 9.47 Å². The van der Waals surface area contributed by atoms with Gasteiger partial charge in [0.25, 0.3) is 0 Å². The fourth-order valence-corrected chi connectivity index (χ4v) is 2.71. The van der Waals surface area contributed by atoms with Crippen LogP contribution >= 0.6 is 15.9 Å². The normalized spacial score (nSPS) is 21.1. The highest BCUT2D eigenvalue weighted by molar-refractivity contribution is 9.10. The standard InChI is InChI=1S/C15H22BrNO2/c1-3-17-11(2)14-7-6-12(16)9-15(14)19-13-5-4-8-18-10-13/h6-7,9,11,13,17H,3-5,8,10H2,1-2H3.